The standard InChI is InChI=1S/C9H8O3/c10-5-3-7-6(9(12)4-5)1-2-8(7)11/h3-4,10,12H,1-2H2. The SMILES string of the molecule is O=C1CCc2c(O)cc(O)cc21. The van der Waals surface area contributed by atoms with Crippen molar-refractivity contribution >= 4 is 5.78 Å². The number of benzene rings is 1. The van der Waals surface area contributed by atoms with Crippen LogP contribution in [-0.4, -0.2) is 16.0 Å². The number of hydrogen-bond acceptors (Lipinski definition) is 3. The normalized spacial score (nSPS) is 14.8. The number of ketones is 1. The quantitative estimate of drug-likeness (QED) is 0.606. The predicted octanol–water partition coefficient (Wildman–Crippen LogP) is 1.23. The molecule has 0 spiro atoms. The fourth-order valence-corrected chi connectivity index (χ4v) is 1.53. The van der Waals surface area contributed by atoms with Gasteiger partial charge in [0.1, 0.15) is 11.5 Å². The van der Waals surface area contributed by atoms with Gasteiger partial charge in [-0.25, -0.2) is 0 Å². The Kier molecular flexibility index (Phi) is 1.33. The van der Waals surface area contributed by atoms with Gasteiger partial charge >= 0.3 is 0 Å². The van der Waals surface area contributed by atoms with E-state index < -0.39 is 0 Å². The van der Waals surface area contributed by atoms with E-state index in [0.717, 1.165) is 0 Å². The van der Waals surface area contributed by atoms with Crippen LogP contribution in [0.4, 0.5) is 0 Å². The van der Waals surface area contributed by atoms with Crippen LogP contribution in [0.5, 0.6) is 11.5 Å². The van der Waals surface area contributed by atoms with E-state index in [4.69, 9.17) is 5.11 Å². The minimum atomic E-state index is -0.0542. The fraction of sp³-hybridized carbons (Fsp3) is 0.222. The summed E-state index contributed by atoms with van der Waals surface area (Å²) < 4.78 is 0. The van der Waals surface area contributed by atoms with Crippen molar-refractivity contribution in [2.24, 2.45) is 0 Å². The van der Waals surface area contributed by atoms with Gasteiger partial charge in [-0.1, -0.05) is 0 Å². The number of Topliss-reactive ketones (excluding diaryl/α,β-unsaturated/α-hetero) is 1. The van der Waals surface area contributed by atoms with Crippen LogP contribution in [0.2, 0.25) is 0 Å². The highest BCUT2D eigenvalue weighted by atomic mass is 16.3. The zero-order valence-corrected chi connectivity index (χ0v) is 6.37. The molecule has 2 N–H and O–H groups in total. The van der Waals surface area contributed by atoms with Gasteiger partial charge in [0.2, 0.25) is 0 Å². The first-order chi connectivity index (χ1) is 5.68. The van der Waals surface area contributed by atoms with E-state index in [1.165, 1.54) is 12.1 Å². The van der Waals surface area contributed by atoms with Gasteiger partial charge in [0, 0.05) is 23.6 Å². The van der Waals surface area contributed by atoms with E-state index in [-0.39, 0.29) is 17.3 Å². The van der Waals surface area contributed by atoms with E-state index in [0.29, 0.717) is 24.0 Å². The van der Waals surface area contributed by atoms with Gasteiger partial charge in [0.25, 0.3) is 0 Å². The molecule has 0 atom stereocenters. The Morgan fingerprint density at radius 1 is 1.17 bits per heavy atom. The Morgan fingerprint density at radius 2 is 1.92 bits per heavy atom. The zero-order valence-electron chi connectivity index (χ0n) is 6.37. The van der Waals surface area contributed by atoms with Crippen LogP contribution in [0.15, 0.2) is 12.1 Å². The number of carbonyl (C=O) groups is 1. The predicted molar refractivity (Wildman–Crippen MR) is 42.4 cm³/mol. The molecule has 0 amide bonds. The largest absolute Gasteiger partial charge is 0.508 e. The molecular weight excluding hydrogens is 156 g/mol. The lowest BCUT2D eigenvalue weighted by Crippen LogP contribution is -1.90. The van der Waals surface area contributed by atoms with Gasteiger partial charge in [0.05, 0.1) is 0 Å². The van der Waals surface area contributed by atoms with Crippen LogP contribution in [0.1, 0.15) is 22.3 Å². The Hall–Kier alpha value is -1.51. The topological polar surface area (TPSA) is 57.5 Å². The lowest BCUT2D eigenvalue weighted by atomic mass is 10.1. The molecule has 12 heavy (non-hydrogen) atoms. The third-order valence-electron chi connectivity index (χ3n) is 2.11. The summed E-state index contributed by atoms with van der Waals surface area (Å²) in [6.45, 7) is 0. The maximum Gasteiger partial charge on any atom is 0.163 e. The monoisotopic (exact) mass is 164 g/mol. The molecule has 0 fully saturated rings. The highest BCUT2D eigenvalue weighted by Crippen LogP contribution is 2.33. The van der Waals surface area contributed by atoms with Crippen LogP contribution in [0.3, 0.4) is 0 Å². The lowest BCUT2D eigenvalue weighted by molar-refractivity contribution is 0.0994. The van der Waals surface area contributed by atoms with Crippen LogP contribution < -0.4 is 0 Å². The first-order valence-electron chi connectivity index (χ1n) is 3.76. The third kappa shape index (κ3) is 0.863. The molecule has 0 aromatic heterocycles. The second kappa shape index (κ2) is 2.24. The van der Waals surface area contributed by atoms with Gasteiger partial charge in [0.15, 0.2) is 5.78 Å². The number of phenolic OH excluding ortho intramolecular Hbond substituents is 2. The van der Waals surface area contributed by atoms with E-state index in [2.05, 4.69) is 0 Å². The summed E-state index contributed by atoms with van der Waals surface area (Å²) >= 11 is 0. The van der Waals surface area contributed by atoms with E-state index in [9.17, 15) is 9.90 Å². The van der Waals surface area contributed by atoms with Crippen LogP contribution in [0.25, 0.3) is 0 Å². The molecule has 1 aliphatic rings. The van der Waals surface area contributed by atoms with Crippen molar-refractivity contribution < 1.29 is 15.0 Å². The number of hydrogen-bond donors (Lipinski definition) is 2. The summed E-state index contributed by atoms with van der Waals surface area (Å²) in [5, 5.41) is 18.4. The summed E-state index contributed by atoms with van der Waals surface area (Å²) in [5.41, 5.74) is 1.13. The van der Waals surface area contributed by atoms with Crippen LogP contribution in [0, 0.1) is 0 Å². The van der Waals surface area contributed by atoms with Crippen LogP contribution in [-0.2, 0) is 6.42 Å². The highest BCUT2D eigenvalue weighted by molar-refractivity contribution is 6.01. The minimum Gasteiger partial charge on any atom is -0.508 e. The van der Waals surface area contributed by atoms with Crippen molar-refractivity contribution in [2.45, 2.75) is 12.8 Å². The molecule has 0 unspecified atom stereocenters. The molecule has 0 saturated carbocycles. The van der Waals surface area contributed by atoms with E-state index >= 15 is 0 Å². The van der Waals surface area contributed by atoms with Crippen molar-refractivity contribution in [2.75, 3.05) is 0 Å². The number of carbonyl (C=O) groups excluding carboxylic acids is 1. The van der Waals surface area contributed by atoms with Crippen LogP contribution >= 0.6 is 0 Å². The number of aromatic hydroxyl groups is 2. The molecule has 0 aliphatic heterocycles. The van der Waals surface area contributed by atoms with Crippen molar-refractivity contribution in [3.05, 3.63) is 23.3 Å². The average Bonchev–Trinajstić information content (AvgIpc) is 2.33. The molecule has 1 aromatic rings. The molecule has 2 rings (SSSR count). The second-order valence-corrected chi connectivity index (χ2v) is 2.91. The third-order valence-corrected chi connectivity index (χ3v) is 2.11. The summed E-state index contributed by atoms with van der Waals surface area (Å²) in [4.78, 5) is 11.1. The maximum atomic E-state index is 11.1. The average molecular weight is 164 g/mol. The van der Waals surface area contributed by atoms with Crippen molar-refractivity contribution in [1.29, 1.82) is 0 Å². The van der Waals surface area contributed by atoms with Crippen molar-refractivity contribution in [3.8, 4) is 11.5 Å². The second-order valence-electron chi connectivity index (χ2n) is 2.91. The van der Waals surface area contributed by atoms with Crippen molar-refractivity contribution in [3.63, 3.8) is 0 Å². The number of fused-ring (bicyclic) bond motifs is 1. The Bertz CT molecular complexity index is 355. The summed E-state index contributed by atoms with van der Waals surface area (Å²) in [7, 11) is 0. The molecule has 0 heterocycles. The summed E-state index contributed by atoms with van der Waals surface area (Å²) in [6, 6.07) is 2.67. The Labute approximate surface area is 69.3 Å². The van der Waals surface area contributed by atoms with Gasteiger partial charge in [-0.05, 0) is 12.5 Å². The van der Waals surface area contributed by atoms with Crippen molar-refractivity contribution in [1.82, 2.24) is 0 Å². The molecule has 3 nitrogen and oxygen atoms in total. The summed E-state index contributed by atoms with van der Waals surface area (Å²) in [5.74, 6) is -0.0337. The lowest BCUT2D eigenvalue weighted by Gasteiger charge is -2.01. The first kappa shape index (κ1) is 7.16. The molecule has 1 aromatic carbocycles. The first-order valence-corrected chi connectivity index (χ1v) is 3.76. The van der Waals surface area contributed by atoms with Gasteiger partial charge in [-0.15, -0.1) is 0 Å². The van der Waals surface area contributed by atoms with Gasteiger partial charge < -0.3 is 10.2 Å². The molecule has 0 radical (unpaired) electrons. The Morgan fingerprint density at radius 3 is 2.67 bits per heavy atom. The molecule has 62 valence electrons. The smallest absolute Gasteiger partial charge is 0.163 e. The van der Waals surface area contributed by atoms with Gasteiger partial charge in [-0.2, -0.15) is 0 Å². The maximum absolute atomic E-state index is 11.1. The molecular formula is C9H8O3. The van der Waals surface area contributed by atoms with E-state index in [1.807, 2.05) is 0 Å². The fourth-order valence-electron chi connectivity index (χ4n) is 1.53. The molecule has 0 saturated heterocycles. The highest BCUT2D eigenvalue weighted by Gasteiger charge is 2.22. The number of rotatable bonds is 0. The zero-order chi connectivity index (χ0) is 8.72. The van der Waals surface area contributed by atoms with Gasteiger partial charge in [-0.3, -0.25) is 4.79 Å². The van der Waals surface area contributed by atoms with E-state index in [1.54, 1.807) is 0 Å². The molecule has 3 heteroatoms. The summed E-state index contributed by atoms with van der Waals surface area (Å²) in [6.07, 6.45) is 1.02. The molecule has 1 aliphatic carbocycles. The minimum absolute atomic E-state index is 0.00352. The number of phenols is 2. The Balaban J connectivity index is 2.68. The molecule has 0 bridgehead atoms.